The molecule has 11 heteroatoms. The second-order valence-corrected chi connectivity index (χ2v) is 26.4. The van der Waals surface area contributed by atoms with Crippen molar-refractivity contribution < 1.29 is 47.1 Å². The normalized spacial score (nSPS) is 48.8. The van der Waals surface area contributed by atoms with Crippen LogP contribution < -0.4 is 0 Å². The molecule has 10 fully saturated rings. The van der Waals surface area contributed by atoms with Crippen molar-refractivity contribution in [1.29, 1.82) is 0 Å². The largest absolute Gasteiger partial charge is 0.414 e. The Labute approximate surface area is 349 Å². The van der Waals surface area contributed by atoms with Crippen LogP contribution in [0.3, 0.4) is 0 Å². The molecule has 10 saturated heterocycles. The van der Waals surface area contributed by atoms with E-state index in [2.05, 4.69) is 67.8 Å². The number of hydrogen-bond donors (Lipinski definition) is 0. The van der Waals surface area contributed by atoms with Crippen LogP contribution in [-0.2, 0) is 47.1 Å². The molecule has 10 aliphatic heterocycles. The monoisotopic (exact) mass is 827 g/mol. The molecule has 1 spiro atoms. The van der Waals surface area contributed by atoms with E-state index < -0.39 is 14.1 Å². The minimum atomic E-state index is -1.99. The number of rotatable bonds is 5. The fourth-order valence-corrected chi connectivity index (χ4v) is 13.5. The Kier molecular flexibility index (Phi) is 11.7. The van der Waals surface area contributed by atoms with Gasteiger partial charge in [0.25, 0.3) is 0 Å². The number of carbonyl (C=O) groups is 1. The first-order valence-corrected chi connectivity index (χ1v) is 26.2. The average molecular weight is 827 g/mol. The molecule has 10 heterocycles. The van der Waals surface area contributed by atoms with Gasteiger partial charge in [0.1, 0.15) is 36.3 Å². The van der Waals surface area contributed by atoms with Crippen LogP contribution in [0, 0.1) is 17.8 Å². The fourth-order valence-electron chi connectivity index (χ4n) is 12.1. The Morgan fingerprint density at radius 1 is 0.759 bits per heavy atom. The summed E-state index contributed by atoms with van der Waals surface area (Å²) >= 11 is 0. The maximum Gasteiger partial charge on any atom is 0.192 e. The van der Waals surface area contributed by atoms with E-state index in [1.807, 2.05) is 0 Å². The number of fused-ring (bicyclic) bond motifs is 6. The SMILES string of the molecule is C=C1C[C@@H]2CC[C@@]34CC5O[C@@H]6C(O[C@H]7CCC(CC(=O)C[C@H]8[C@H](CC9O[C@@H](CCC1O2)C[C@@H](C)C9=C)OC(C[C@@H](CC)O[Si](C)(C)C(C)(C)C)[C@@H]8C)O[C@@H]7[C@@H]6O3)[C@@H]5O4. The van der Waals surface area contributed by atoms with Crippen LogP contribution in [0.1, 0.15) is 131 Å². The zero-order valence-electron chi connectivity index (χ0n) is 36.8. The molecule has 0 aromatic heterocycles. The Hall–Kier alpha value is -0.993. The third-order valence-corrected chi connectivity index (χ3v) is 21.2. The minimum Gasteiger partial charge on any atom is -0.414 e. The molecule has 10 rings (SSSR count). The standard InChI is InChI=1S/C47H74O10Si/c1-11-30(57-58(9,10)46(6,7)8)22-37-28(5)34-21-29(48)20-32-13-15-36-41(51-32)45-44-43(53-36)42-40(54-44)24-47(55-42,56-45)17-16-33-19-26(3)35(49-33)14-12-31-18-25(2)27(4)38(50-31)23-39(34)52-37/h25,28,30-45H,3-4,11-24H2,1-2,5-10H3/t25-,28-,30-,31+,32?,33+,34-,35?,36+,37?,38?,39+,40?,41+,42-,43?,44-,45+,47+/m1/s1. The van der Waals surface area contributed by atoms with Gasteiger partial charge in [0.2, 0.25) is 0 Å². The Balaban J connectivity index is 0.972. The summed E-state index contributed by atoms with van der Waals surface area (Å²) in [5.74, 6) is 0.0738. The van der Waals surface area contributed by atoms with Gasteiger partial charge < -0.3 is 42.3 Å². The highest BCUT2D eigenvalue weighted by Crippen LogP contribution is 2.54. The predicted octanol–water partition coefficient (Wildman–Crippen LogP) is 8.54. The van der Waals surface area contributed by atoms with Gasteiger partial charge in [0, 0.05) is 38.2 Å². The van der Waals surface area contributed by atoms with E-state index in [1.165, 1.54) is 5.57 Å². The van der Waals surface area contributed by atoms with Crippen molar-refractivity contribution in [2.45, 2.75) is 247 Å². The number of hydrogen-bond acceptors (Lipinski definition) is 10. The summed E-state index contributed by atoms with van der Waals surface area (Å²) in [6, 6.07) is 0. The van der Waals surface area contributed by atoms with Gasteiger partial charge in [-0.1, -0.05) is 54.7 Å². The molecule has 6 unspecified atom stereocenters. The molecule has 0 saturated carbocycles. The van der Waals surface area contributed by atoms with Gasteiger partial charge in [-0.25, -0.2) is 0 Å². The van der Waals surface area contributed by atoms with E-state index in [0.717, 1.165) is 69.8 Å². The average Bonchev–Trinajstić information content (AvgIpc) is 3.82. The molecule has 0 aromatic carbocycles. The van der Waals surface area contributed by atoms with E-state index in [-0.39, 0.29) is 114 Å². The zero-order valence-corrected chi connectivity index (χ0v) is 37.8. The number of Topliss-reactive ketones (excluding diaryl/α,β-unsaturated/α-hetero) is 1. The smallest absolute Gasteiger partial charge is 0.192 e. The molecule has 326 valence electrons. The van der Waals surface area contributed by atoms with E-state index >= 15 is 0 Å². The predicted molar refractivity (Wildman–Crippen MR) is 222 cm³/mol. The number of ketones is 1. The summed E-state index contributed by atoms with van der Waals surface area (Å²) in [5.41, 5.74) is 2.32. The molecule has 19 atom stereocenters. The second kappa shape index (κ2) is 16.0. The van der Waals surface area contributed by atoms with E-state index in [9.17, 15) is 4.79 Å². The van der Waals surface area contributed by atoms with Crippen LogP contribution in [0.25, 0.3) is 0 Å². The molecular weight excluding hydrogens is 753 g/mol. The van der Waals surface area contributed by atoms with Gasteiger partial charge in [-0.2, -0.15) is 0 Å². The van der Waals surface area contributed by atoms with E-state index in [1.54, 1.807) is 0 Å². The van der Waals surface area contributed by atoms with Crippen molar-refractivity contribution in [3.05, 3.63) is 24.3 Å². The molecule has 0 aliphatic carbocycles. The van der Waals surface area contributed by atoms with Crippen LogP contribution in [0.2, 0.25) is 18.1 Å². The number of ether oxygens (including phenoxy) is 8. The van der Waals surface area contributed by atoms with Crippen LogP contribution in [-0.4, -0.2) is 111 Å². The quantitative estimate of drug-likeness (QED) is 0.198. The molecule has 12 bridgehead atoms. The van der Waals surface area contributed by atoms with Crippen molar-refractivity contribution in [3.8, 4) is 0 Å². The van der Waals surface area contributed by atoms with Crippen molar-refractivity contribution >= 4 is 14.1 Å². The Morgan fingerprint density at radius 2 is 1.47 bits per heavy atom. The summed E-state index contributed by atoms with van der Waals surface area (Å²) in [6.45, 7) is 27.5. The third kappa shape index (κ3) is 7.96. The molecule has 10 aliphatic rings. The Bertz CT molecular complexity index is 1560. The van der Waals surface area contributed by atoms with Gasteiger partial charge in [0.05, 0.1) is 54.9 Å². The van der Waals surface area contributed by atoms with E-state index in [4.69, 9.17) is 42.3 Å². The van der Waals surface area contributed by atoms with Crippen molar-refractivity contribution in [3.63, 3.8) is 0 Å². The van der Waals surface area contributed by atoms with Gasteiger partial charge in [-0.15, -0.1) is 0 Å². The third-order valence-electron chi connectivity index (χ3n) is 16.6. The minimum absolute atomic E-state index is 0.00187. The van der Waals surface area contributed by atoms with Crippen molar-refractivity contribution in [1.82, 2.24) is 0 Å². The lowest BCUT2D eigenvalue weighted by Crippen LogP contribution is -2.61. The van der Waals surface area contributed by atoms with E-state index in [0.29, 0.717) is 31.6 Å². The molecule has 0 N–H and O–H groups in total. The summed E-state index contributed by atoms with van der Waals surface area (Å²) in [4.78, 5) is 14.3. The second-order valence-electron chi connectivity index (χ2n) is 21.6. The molecule has 0 amide bonds. The zero-order chi connectivity index (χ0) is 40.9. The molecular formula is C47H74O10Si. The topological polar surface area (TPSA) is 100 Å². The molecule has 0 radical (unpaired) electrons. The first kappa shape index (κ1) is 42.3. The molecule has 58 heavy (non-hydrogen) atoms. The first-order chi connectivity index (χ1) is 27.5. The van der Waals surface area contributed by atoms with Crippen molar-refractivity contribution in [2.24, 2.45) is 17.8 Å². The van der Waals surface area contributed by atoms with Crippen LogP contribution in [0.15, 0.2) is 24.3 Å². The van der Waals surface area contributed by atoms with Gasteiger partial charge in [0.15, 0.2) is 14.1 Å². The van der Waals surface area contributed by atoms with Gasteiger partial charge in [-0.3, -0.25) is 4.79 Å². The van der Waals surface area contributed by atoms with Gasteiger partial charge >= 0.3 is 0 Å². The highest BCUT2D eigenvalue weighted by molar-refractivity contribution is 6.74. The van der Waals surface area contributed by atoms with Crippen LogP contribution in [0.4, 0.5) is 0 Å². The lowest BCUT2D eigenvalue weighted by molar-refractivity contribution is -0.292. The lowest BCUT2D eigenvalue weighted by atomic mass is 9.78. The highest BCUT2D eigenvalue weighted by atomic mass is 28.4. The summed E-state index contributed by atoms with van der Waals surface area (Å²) in [5, 5.41) is 0.123. The molecule has 0 aromatic rings. The maximum atomic E-state index is 14.3. The molecule has 10 nitrogen and oxygen atoms in total. The number of carbonyl (C=O) groups excluding carboxylic acids is 1. The first-order valence-electron chi connectivity index (χ1n) is 23.3. The van der Waals surface area contributed by atoms with Crippen LogP contribution in [0.5, 0.6) is 0 Å². The fraction of sp³-hybridized carbons (Fsp3) is 0.894. The maximum absolute atomic E-state index is 14.3. The summed E-state index contributed by atoms with van der Waals surface area (Å²) < 4.78 is 62.0. The van der Waals surface area contributed by atoms with Gasteiger partial charge in [-0.05, 0) is 105 Å². The Morgan fingerprint density at radius 3 is 2.24 bits per heavy atom. The summed E-state index contributed by atoms with van der Waals surface area (Å²) in [6.07, 6.45) is 9.35. The highest BCUT2D eigenvalue weighted by Gasteiger charge is 2.68. The van der Waals surface area contributed by atoms with Crippen molar-refractivity contribution in [2.75, 3.05) is 0 Å². The van der Waals surface area contributed by atoms with Crippen LogP contribution >= 0.6 is 0 Å². The lowest BCUT2D eigenvalue weighted by Gasteiger charge is -2.47. The summed E-state index contributed by atoms with van der Waals surface area (Å²) in [7, 11) is -1.99.